The number of oxazole rings is 1. The molecule has 0 unspecified atom stereocenters. The van der Waals surface area contributed by atoms with Crippen molar-refractivity contribution in [2.45, 2.75) is 13.8 Å². The number of halogens is 1. The van der Waals surface area contributed by atoms with Gasteiger partial charge in [-0.1, -0.05) is 29.8 Å². The zero-order valence-corrected chi connectivity index (χ0v) is 11.0. The number of fused-ring (bicyclic) bond motifs is 1. The highest BCUT2D eigenvalue weighted by Gasteiger charge is 2.13. The summed E-state index contributed by atoms with van der Waals surface area (Å²) in [6, 6.07) is 11.6. The lowest BCUT2D eigenvalue weighted by Gasteiger charge is -1.98. The molecule has 3 heteroatoms. The van der Waals surface area contributed by atoms with Crippen LogP contribution in [0, 0.1) is 13.8 Å². The van der Waals surface area contributed by atoms with Gasteiger partial charge in [0, 0.05) is 0 Å². The van der Waals surface area contributed by atoms with Gasteiger partial charge in [0.05, 0.1) is 10.6 Å². The molecule has 0 radical (unpaired) electrons. The summed E-state index contributed by atoms with van der Waals surface area (Å²) in [7, 11) is 0. The molecule has 2 aromatic carbocycles. The third kappa shape index (κ3) is 1.70. The zero-order valence-electron chi connectivity index (χ0n) is 10.2. The number of aromatic nitrogens is 1. The van der Waals surface area contributed by atoms with Crippen LogP contribution in [0.3, 0.4) is 0 Å². The smallest absolute Gasteiger partial charge is 0.228 e. The quantitative estimate of drug-likeness (QED) is 0.628. The SMILES string of the molecule is Cc1ccc2nc(-c3ccccc3Cl)oc2c1C. The Labute approximate surface area is 110 Å². The molecule has 1 aromatic heterocycles. The predicted octanol–water partition coefficient (Wildman–Crippen LogP) is 4.77. The Morgan fingerprint density at radius 3 is 2.61 bits per heavy atom. The molecule has 0 aliphatic carbocycles. The molecule has 1 heterocycles. The lowest BCUT2D eigenvalue weighted by atomic mass is 10.1. The number of nitrogens with zero attached hydrogens (tertiary/aromatic N) is 1. The van der Waals surface area contributed by atoms with Crippen LogP contribution >= 0.6 is 11.6 Å². The van der Waals surface area contributed by atoms with Crippen LogP contribution in [0.15, 0.2) is 40.8 Å². The van der Waals surface area contributed by atoms with E-state index in [0.717, 1.165) is 22.2 Å². The number of benzene rings is 2. The molecule has 0 aliphatic rings. The molecular weight excluding hydrogens is 246 g/mol. The van der Waals surface area contributed by atoms with E-state index in [1.54, 1.807) is 0 Å². The van der Waals surface area contributed by atoms with E-state index in [4.69, 9.17) is 16.0 Å². The van der Waals surface area contributed by atoms with Crippen LogP contribution < -0.4 is 0 Å². The third-order valence-electron chi connectivity index (χ3n) is 3.18. The van der Waals surface area contributed by atoms with Crippen molar-refractivity contribution in [1.29, 1.82) is 0 Å². The molecule has 0 aliphatic heterocycles. The van der Waals surface area contributed by atoms with Crippen LogP contribution in [0.2, 0.25) is 5.02 Å². The molecule has 0 bridgehead atoms. The Kier molecular flexibility index (Phi) is 2.60. The van der Waals surface area contributed by atoms with Gasteiger partial charge in [-0.05, 0) is 43.2 Å². The highest BCUT2D eigenvalue weighted by Crippen LogP contribution is 2.31. The summed E-state index contributed by atoms with van der Waals surface area (Å²) in [4.78, 5) is 4.49. The van der Waals surface area contributed by atoms with Crippen molar-refractivity contribution < 1.29 is 4.42 Å². The first kappa shape index (κ1) is 11.3. The van der Waals surface area contributed by atoms with Gasteiger partial charge in [-0.3, -0.25) is 0 Å². The van der Waals surface area contributed by atoms with Crippen molar-refractivity contribution in [3.63, 3.8) is 0 Å². The predicted molar refractivity (Wildman–Crippen MR) is 73.9 cm³/mol. The monoisotopic (exact) mass is 257 g/mol. The summed E-state index contributed by atoms with van der Waals surface area (Å²) in [6.07, 6.45) is 0. The van der Waals surface area contributed by atoms with Crippen molar-refractivity contribution in [2.75, 3.05) is 0 Å². The van der Waals surface area contributed by atoms with Crippen LogP contribution in [0.5, 0.6) is 0 Å². The first-order chi connectivity index (χ1) is 8.66. The van der Waals surface area contributed by atoms with Crippen molar-refractivity contribution in [2.24, 2.45) is 0 Å². The number of rotatable bonds is 1. The number of hydrogen-bond acceptors (Lipinski definition) is 2. The van der Waals surface area contributed by atoms with Crippen LogP contribution in [-0.4, -0.2) is 4.98 Å². The average Bonchev–Trinajstić information content (AvgIpc) is 2.79. The Bertz CT molecular complexity index is 730. The normalized spacial score (nSPS) is 11.1. The van der Waals surface area contributed by atoms with Gasteiger partial charge in [0.15, 0.2) is 5.58 Å². The van der Waals surface area contributed by atoms with Crippen molar-refractivity contribution in [3.8, 4) is 11.5 Å². The minimum absolute atomic E-state index is 0.573. The molecule has 3 aromatic rings. The maximum atomic E-state index is 6.16. The van der Waals surface area contributed by atoms with E-state index in [2.05, 4.69) is 18.0 Å². The molecule has 0 fully saturated rings. The minimum atomic E-state index is 0.573. The van der Waals surface area contributed by atoms with Crippen LogP contribution in [0.1, 0.15) is 11.1 Å². The second kappa shape index (κ2) is 4.14. The Morgan fingerprint density at radius 1 is 1.06 bits per heavy atom. The zero-order chi connectivity index (χ0) is 12.7. The van der Waals surface area contributed by atoms with Gasteiger partial charge >= 0.3 is 0 Å². The van der Waals surface area contributed by atoms with Gasteiger partial charge in [-0.2, -0.15) is 0 Å². The lowest BCUT2D eigenvalue weighted by Crippen LogP contribution is -1.80. The Balaban J connectivity index is 2.26. The molecule has 3 rings (SSSR count). The van der Waals surface area contributed by atoms with E-state index in [0.29, 0.717) is 10.9 Å². The van der Waals surface area contributed by atoms with E-state index < -0.39 is 0 Å². The first-order valence-corrected chi connectivity index (χ1v) is 6.16. The molecule has 0 saturated heterocycles. The fourth-order valence-electron chi connectivity index (χ4n) is 1.97. The average molecular weight is 258 g/mol. The van der Waals surface area contributed by atoms with Gasteiger partial charge in [0.1, 0.15) is 5.52 Å². The maximum absolute atomic E-state index is 6.16. The van der Waals surface area contributed by atoms with Gasteiger partial charge in [-0.15, -0.1) is 0 Å². The second-order valence-electron chi connectivity index (χ2n) is 4.35. The van der Waals surface area contributed by atoms with Gasteiger partial charge < -0.3 is 4.42 Å². The first-order valence-electron chi connectivity index (χ1n) is 5.78. The summed E-state index contributed by atoms with van der Waals surface area (Å²) >= 11 is 6.16. The summed E-state index contributed by atoms with van der Waals surface area (Å²) in [5.41, 5.74) is 4.85. The molecule has 0 amide bonds. The Morgan fingerprint density at radius 2 is 1.83 bits per heavy atom. The number of aryl methyl sites for hydroxylation is 2. The minimum Gasteiger partial charge on any atom is -0.436 e. The van der Waals surface area contributed by atoms with E-state index in [1.165, 1.54) is 5.56 Å². The molecule has 0 saturated carbocycles. The van der Waals surface area contributed by atoms with Gasteiger partial charge in [0.25, 0.3) is 0 Å². The van der Waals surface area contributed by atoms with Crippen molar-refractivity contribution in [3.05, 3.63) is 52.5 Å². The maximum Gasteiger partial charge on any atom is 0.228 e. The van der Waals surface area contributed by atoms with Crippen LogP contribution in [-0.2, 0) is 0 Å². The van der Waals surface area contributed by atoms with Crippen molar-refractivity contribution in [1.82, 2.24) is 4.98 Å². The highest BCUT2D eigenvalue weighted by molar-refractivity contribution is 6.33. The van der Waals surface area contributed by atoms with Gasteiger partial charge in [-0.25, -0.2) is 4.98 Å². The van der Waals surface area contributed by atoms with Crippen LogP contribution in [0.25, 0.3) is 22.6 Å². The molecule has 18 heavy (non-hydrogen) atoms. The third-order valence-corrected chi connectivity index (χ3v) is 3.51. The molecule has 2 nitrogen and oxygen atoms in total. The molecule has 0 N–H and O–H groups in total. The second-order valence-corrected chi connectivity index (χ2v) is 4.76. The summed E-state index contributed by atoms with van der Waals surface area (Å²) in [6.45, 7) is 4.10. The highest BCUT2D eigenvalue weighted by atomic mass is 35.5. The molecular formula is C15H12ClNO. The molecule has 0 spiro atoms. The topological polar surface area (TPSA) is 26.0 Å². The van der Waals surface area contributed by atoms with E-state index in [-0.39, 0.29) is 0 Å². The Hall–Kier alpha value is -1.80. The number of hydrogen-bond donors (Lipinski definition) is 0. The molecule has 0 atom stereocenters. The standard InChI is InChI=1S/C15H12ClNO/c1-9-7-8-13-14(10(9)2)18-15(17-13)11-5-3-4-6-12(11)16/h3-8H,1-2H3. The summed E-state index contributed by atoms with van der Waals surface area (Å²) in [5.74, 6) is 0.573. The largest absolute Gasteiger partial charge is 0.436 e. The van der Waals surface area contributed by atoms with Crippen LogP contribution in [0.4, 0.5) is 0 Å². The summed E-state index contributed by atoms with van der Waals surface area (Å²) in [5, 5.41) is 0.651. The van der Waals surface area contributed by atoms with E-state index in [9.17, 15) is 0 Å². The summed E-state index contributed by atoms with van der Waals surface area (Å²) < 4.78 is 5.85. The van der Waals surface area contributed by atoms with Gasteiger partial charge in [0.2, 0.25) is 5.89 Å². The molecule has 90 valence electrons. The fourth-order valence-corrected chi connectivity index (χ4v) is 2.19. The lowest BCUT2D eigenvalue weighted by molar-refractivity contribution is 0.617. The van der Waals surface area contributed by atoms with Crippen molar-refractivity contribution >= 4 is 22.7 Å². The fraction of sp³-hybridized carbons (Fsp3) is 0.133. The van der Waals surface area contributed by atoms with E-state index >= 15 is 0 Å². The van der Waals surface area contributed by atoms with E-state index in [1.807, 2.05) is 37.3 Å².